The molecule has 0 aromatic carbocycles. The van der Waals surface area contributed by atoms with Gasteiger partial charge in [-0.15, -0.1) is 0 Å². The van der Waals surface area contributed by atoms with Crippen LogP contribution in [0, 0.1) is 0 Å². The van der Waals surface area contributed by atoms with Gasteiger partial charge in [0.15, 0.2) is 0 Å². The van der Waals surface area contributed by atoms with Crippen molar-refractivity contribution in [2.45, 2.75) is 116 Å². The van der Waals surface area contributed by atoms with Gasteiger partial charge >= 0.3 is 11.9 Å². The fourth-order valence-electron chi connectivity index (χ4n) is 3.81. The van der Waals surface area contributed by atoms with E-state index in [9.17, 15) is 9.59 Å². The second-order valence-electron chi connectivity index (χ2n) is 10.0. The van der Waals surface area contributed by atoms with Gasteiger partial charge in [0.25, 0.3) is 0 Å². The van der Waals surface area contributed by atoms with Crippen LogP contribution in [-0.4, -0.2) is 77.1 Å². The van der Waals surface area contributed by atoms with Crippen LogP contribution in [0.4, 0.5) is 0 Å². The minimum absolute atomic E-state index is 0.113. The van der Waals surface area contributed by atoms with Crippen LogP contribution >= 0.6 is 0 Å². The lowest BCUT2D eigenvalue weighted by Gasteiger charge is -2.24. The predicted molar refractivity (Wildman–Crippen MR) is 151 cm³/mol. The van der Waals surface area contributed by atoms with E-state index >= 15 is 0 Å². The second-order valence-corrected chi connectivity index (χ2v) is 10.0. The van der Waals surface area contributed by atoms with E-state index < -0.39 is 0 Å². The molecule has 0 fully saturated rings. The van der Waals surface area contributed by atoms with Crippen molar-refractivity contribution in [2.75, 3.05) is 54.2 Å². The molecule has 0 saturated carbocycles. The van der Waals surface area contributed by atoms with Crippen molar-refractivity contribution < 1.29 is 28.5 Å². The van der Waals surface area contributed by atoms with Gasteiger partial charge in [-0.2, -0.15) is 0 Å². The van der Waals surface area contributed by atoms with Crippen LogP contribution in [0.15, 0.2) is 12.2 Å². The summed E-state index contributed by atoms with van der Waals surface area (Å²) < 4.78 is 21.6. The van der Waals surface area contributed by atoms with Gasteiger partial charge in [-0.1, -0.05) is 70.4 Å². The fraction of sp³-hybridized carbons (Fsp3) is 0.867. The average Bonchev–Trinajstić information content (AvgIpc) is 2.88. The molecule has 0 aromatic rings. The number of ether oxygens (including phenoxy) is 4. The molecule has 7 nitrogen and oxygen atoms in total. The standard InChI is InChI=1S/C30H57NO6/c1-5-6-7-8-9-10-11-13-20-25-37-30(33)22-17-15-19-24-36-27-28(31(2)3)26-35-23-18-14-12-16-21-29(32)34-4/h13,20,28H,5-12,14-19,21-27H2,1-4H3. The van der Waals surface area contributed by atoms with Gasteiger partial charge in [-0.3, -0.25) is 9.59 Å². The smallest absolute Gasteiger partial charge is 0.306 e. The molecule has 1 unspecified atom stereocenters. The third-order valence-corrected chi connectivity index (χ3v) is 6.40. The highest BCUT2D eigenvalue weighted by atomic mass is 16.5. The van der Waals surface area contributed by atoms with E-state index in [0.29, 0.717) is 39.3 Å². The van der Waals surface area contributed by atoms with Crippen LogP contribution in [0.5, 0.6) is 0 Å². The summed E-state index contributed by atoms with van der Waals surface area (Å²) in [5, 5.41) is 0. The third kappa shape index (κ3) is 26.0. The number of rotatable bonds is 27. The highest BCUT2D eigenvalue weighted by Crippen LogP contribution is 2.08. The number of unbranched alkanes of at least 4 members (excludes halogenated alkanes) is 11. The van der Waals surface area contributed by atoms with Crippen molar-refractivity contribution in [3.63, 3.8) is 0 Å². The van der Waals surface area contributed by atoms with Gasteiger partial charge in [0, 0.05) is 26.1 Å². The summed E-state index contributed by atoms with van der Waals surface area (Å²) in [5.41, 5.74) is 0. The maximum atomic E-state index is 11.8. The first-order valence-corrected chi connectivity index (χ1v) is 14.7. The molecule has 0 spiro atoms. The summed E-state index contributed by atoms with van der Waals surface area (Å²) in [6.45, 7) is 5.34. The van der Waals surface area contributed by atoms with E-state index in [4.69, 9.17) is 14.2 Å². The molecular weight excluding hydrogens is 470 g/mol. The molecule has 0 aromatic heterocycles. The van der Waals surface area contributed by atoms with E-state index in [0.717, 1.165) is 58.0 Å². The molecule has 0 aliphatic heterocycles. The number of hydrogen-bond donors (Lipinski definition) is 0. The summed E-state index contributed by atoms with van der Waals surface area (Å²) in [5.74, 6) is -0.247. The Morgan fingerprint density at radius 2 is 1.24 bits per heavy atom. The van der Waals surface area contributed by atoms with Gasteiger partial charge in [-0.05, 0) is 52.6 Å². The first kappa shape index (κ1) is 35.6. The SMILES string of the molecule is CCCCCCCCC=CCOC(=O)CCCCCOCC(COCCCCCCC(=O)OC)N(C)C. The number of carbonyl (C=O) groups is 2. The summed E-state index contributed by atoms with van der Waals surface area (Å²) >= 11 is 0. The van der Waals surface area contributed by atoms with Crippen molar-refractivity contribution in [3.05, 3.63) is 12.2 Å². The predicted octanol–water partition coefficient (Wildman–Crippen LogP) is 6.48. The molecule has 0 N–H and O–H groups in total. The Morgan fingerprint density at radius 1 is 0.703 bits per heavy atom. The molecule has 0 rings (SSSR count). The molecule has 0 radical (unpaired) electrons. The fourth-order valence-corrected chi connectivity index (χ4v) is 3.81. The van der Waals surface area contributed by atoms with Crippen LogP contribution in [-0.2, 0) is 28.5 Å². The Bertz CT molecular complexity index is 552. The molecule has 37 heavy (non-hydrogen) atoms. The zero-order valence-electron chi connectivity index (χ0n) is 24.5. The zero-order valence-corrected chi connectivity index (χ0v) is 24.5. The quantitative estimate of drug-likeness (QED) is 0.0687. The maximum absolute atomic E-state index is 11.8. The van der Waals surface area contributed by atoms with Crippen LogP contribution in [0.25, 0.3) is 0 Å². The highest BCUT2D eigenvalue weighted by molar-refractivity contribution is 5.69. The molecule has 218 valence electrons. The molecule has 0 bridgehead atoms. The number of hydrogen-bond acceptors (Lipinski definition) is 7. The van der Waals surface area contributed by atoms with E-state index in [1.54, 1.807) is 0 Å². The van der Waals surface area contributed by atoms with Crippen molar-refractivity contribution in [1.82, 2.24) is 4.90 Å². The van der Waals surface area contributed by atoms with Crippen LogP contribution in [0.3, 0.4) is 0 Å². The van der Waals surface area contributed by atoms with E-state index in [2.05, 4.69) is 22.6 Å². The van der Waals surface area contributed by atoms with Gasteiger partial charge in [0.05, 0.1) is 26.4 Å². The third-order valence-electron chi connectivity index (χ3n) is 6.40. The van der Waals surface area contributed by atoms with Crippen molar-refractivity contribution in [2.24, 2.45) is 0 Å². The lowest BCUT2D eigenvalue weighted by molar-refractivity contribution is -0.142. The molecular formula is C30H57NO6. The molecule has 1 atom stereocenters. The van der Waals surface area contributed by atoms with Crippen molar-refractivity contribution in [1.29, 1.82) is 0 Å². The molecule has 0 aliphatic rings. The zero-order chi connectivity index (χ0) is 27.4. The lowest BCUT2D eigenvalue weighted by Crippen LogP contribution is -2.37. The van der Waals surface area contributed by atoms with Gasteiger partial charge in [0.2, 0.25) is 0 Å². The largest absolute Gasteiger partial charge is 0.469 e. The number of esters is 2. The Morgan fingerprint density at radius 3 is 1.86 bits per heavy atom. The Labute approximate surface area is 227 Å². The number of methoxy groups -OCH3 is 1. The Kier molecular flexibility index (Phi) is 26.5. The molecule has 7 heteroatoms. The normalized spacial score (nSPS) is 12.4. The van der Waals surface area contributed by atoms with Crippen molar-refractivity contribution in [3.8, 4) is 0 Å². The summed E-state index contributed by atoms with van der Waals surface area (Å²) in [7, 11) is 5.51. The minimum atomic E-state index is -0.134. The van der Waals surface area contributed by atoms with Crippen molar-refractivity contribution >= 4 is 11.9 Å². The molecule has 0 aliphatic carbocycles. The lowest BCUT2D eigenvalue weighted by atomic mass is 10.1. The summed E-state index contributed by atoms with van der Waals surface area (Å²) in [6, 6.07) is 0.225. The van der Waals surface area contributed by atoms with Gasteiger partial charge < -0.3 is 23.8 Å². The second kappa shape index (κ2) is 27.6. The van der Waals surface area contributed by atoms with Crippen LogP contribution < -0.4 is 0 Å². The summed E-state index contributed by atoms with van der Waals surface area (Å²) in [4.78, 5) is 25.1. The van der Waals surface area contributed by atoms with E-state index in [1.165, 1.54) is 45.6 Å². The summed E-state index contributed by atoms with van der Waals surface area (Å²) in [6.07, 6.45) is 20.7. The molecule has 0 saturated heterocycles. The Balaban J connectivity index is 3.58. The first-order chi connectivity index (χ1) is 18.0. The van der Waals surface area contributed by atoms with Crippen LogP contribution in [0.1, 0.15) is 110 Å². The highest BCUT2D eigenvalue weighted by Gasteiger charge is 2.12. The van der Waals surface area contributed by atoms with Crippen LogP contribution in [0.2, 0.25) is 0 Å². The topological polar surface area (TPSA) is 74.3 Å². The van der Waals surface area contributed by atoms with Gasteiger partial charge in [-0.25, -0.2) is 0 Å². The van der Waals surface area contributed by atoms with E-state index in [-0.39, 0.29) is 18.0 Å². The Hall–Kier alpha value is -1.44. The first-order valence-electron chi connectivity index (χ1n) is 14.7. The molecule has 0 heterocycles. The number of allylic oxidation sites excluding steroid dienone is 1. The number of likely N-dealkylation sites (N-methyl/N-ethyl adjacent to an activating group) is 1. The minimum Gasteiger partial charge on any atom is -0.469 e. The number of carbonyl (C=O) groups excluding carboxylic acids is 2. The maximum Gasteiger partial charge on any atom is 0.306 e. The average molecular weight is 528 g/mol. The molecule has 0 amide bonds. The number of nitrogens with zero attached hydrogens (tertiary/aromatic N) is 1. The van der Waals surface area contributed by atoms with E-state index in [1.807, 2.05) is 20.2 Å². The van der Waals surface area contributed by atoms with Gasteiger partial charge in [0.1, 0.15) is 6.61 Å². The monoisotopic (exact) mass is 527 g/mol.